The Labute approximate surface area is 126 Å². The van der Waals surface area contributed by atoms with Crippen molar-refractivity contribution < 1.29 is 0 Å². The van der Waals surface area contributed by atoms with E-state index in [0.717, 1.165) is 19.0 Å². The van der Waals surface area contributed by atoms with Gasteiger partial charge in [-0.2, -0.15) is 0 Å². The average Bonchev–Trinajstić information content (AvgIpc) is 2.35. The molecule has 0 spiro atoms. The molecule has 2 heteroatoms. The fourth-order valence-corrected chi connectivity index (χ4v) is 3.86. The molecule has 19 heavy (non-hydrogen) atoms. The summed E-state index contributed by atoms with van der Waals surface area (Å²) >= 11 is 3.62. The predicted octanol–water partition coefficient (Wildman–Crippen LogP) is 4.90. The molecular weight excluding hydrogens is 298 g/mol. The van der Waals surface area contributed by atoms with Crippen LogP contribution in [0.15, 0.2) is 28.7 Å². The van der Waals surface area contributed by atoms with Gasteiger partial charge in [-0.25, -0.2) is 0 Å². The van der Waals surface area contributed by atoms with E-state index in [-0.39, 0.29) is 0 Å². The van der Waals surface area contributed by atoms with Gasteiger partial charge in [-0.1, -0.05) is 54.8 Å². The van der Waals surface area contributed by atoms with Gasteiger partial charge in [-0.15, -0.1) is 0 Å². The third-order valence-electron chi connectivity index (χ3n) is 4.38. The summed E-state index contributed by atoms with van der Waals surface area (Å²) in [6, 6.07) is 8.92. The highest BCUT2D eigenvalue weighted by molar-refractivity contribution is 9.10. The van der Waals surface area contributed by atoms with Crippen LogP contribution in [0, 0.1) is 5.92 Å². The van der Waals surface area contributed by atoms with Gasteiger partial charge in [0, 0.05) is 16.4 Å². The number of hydrogen-bond acceptors (Lipinski definition) is 1. The number of nitrogens with one attached hydrogen (secondary N) is 1. The zero-order valence-electron chi connectivity index (χ0n) is 12.2. The maximum Gasteiger partial charge on any atom is 0.0178 e. The van der Waals surface area contributed by atoms with Crippen LogP contribution in [-0.4, -0.2) is 13.1 Å². The lowest BCUT2D eigenvalue weighted by Gasteiger charge is -2.49. The first-order chi connectivity index (χ1) is 9.20. The number of benzene rings is 1. The third kappa shape index (κ3) is 3.61. The lowest BCUT2D eigenvalue weighted by atomic mass is 9.57. The molecular formula is C17H26BrN. The minimum absolute atomic E-state index is 0.388. The van der Waals surface area contributed by atoms with E-state index in [9.17, 15) is 0 Å². The molecule has 1 aliphatic rings. The van der Waals surface area contributed by atoms with E-state index in [1.165, 1.54) is 42.1 Å². The van der Waals surface area contributed by atoms with E-state index in [0.29, 0.717) is 5.41 Å². The van der Waals surface area contributed by atoms with Crippen LogP contribution in [0.25, 0.3) is 0 Å². The van der Waals surface area contributed by atoms with Crippen LogP contribution in [0.5, 0.6) is 0 Å². The Kier molecular flexibility index (Phi) is 5.47. The first kappa shape index (κ1) is 15.1. The van der Waals surface area contributed by atoms with Crippen molar-refractivity contribution in [3.63, 3.8) is 0 Å². The Morgan fingerprint density at radius 2 is 2.05 bits per heavy atom. The second-order valence-electron chi connectivity index (χ2n) is 6.03. The number of halogens is 1. The van der Waals surface area contributed by atoms with Crippen LogP contribution in [-0.2, 0) is 5.41 Å². The first-order valence-electron chi connectivity index (χ1n) is 7.67. The molecule has 1 aromatic carbocycles. The van der Waals surface area contributed by atoms with Gasteiger partial charge in [-0.3, -0.25) is 0 Å². The Morgan fingerprint density at radius 1 is 1.26 bits per heavy atom. The highest BCUT2D eigenvalue weighted by Gasteiger charge is 2.44. The molecule has 0 aliphatic heterocycles. The van der Waals surface area contributed by atoms with Crippen molar-refractivity contribution in [3.05, 3.63) is 34.3 Å². The average molecular weight is 324 g/mol. The van der Waals surface area contributed by atoms with Crippen LogP contribution in [0.1, 0.15) is 51.5 Å². The molecule has 1 N–H and O–H groups in total. The van der Waals surface area contributed by atoms with Gasteiger partial charge in [0.15, 0.2) is 0 Å². The summed E-state index contributed by atoms with van der Waals surface area (Å²) in [5.74, 6) is 0.937. The standard InChI is InChI=1S/C17H26BrN/c1-3-6-14-11-17(12-14,13-19-9-4-2)15-7-5-8-16(18)10-15/h5,7-8,10,14,19H,3-4,6,9,11-13H2,1-2H3. The minimum atomic E-state index is 0.388. The molecule has 0 unspecified atom stereocenters. The van der Waals surface area contributed by atoms with E-state index in [2.05, 4.69) is 59.4 Å². The zero-order chi connectivity index (χ0) is 13.7. The summed E-state index contributed by atoms with van der Waals surface area (Å²) in [5, 5.41) is 3.64. The Balaban J connectivity index is 2.07. The van der Waals surface area contributed by atoms with Gasteiger partial charge in [0.25, 0.3) is 0 Å². The summed E-state index contributed by atoms with van der Waals surface area (Å²) < 4.78 is 1.21. The van der Waals surface area contributed by atoms with Gasteiger partial charge in [0.2, 0.25) is 0 Å². The van der Waals surface area contributed by atoms with E-state index in [1.807, 2.05) is 0 Å². The van der Waals surface area contributed by atoms with Gasteiger partial charge < -0.3 is 5.32 Å². The summed E-state index contributed by atoms with van der Waals surface area (Å²) in [6.07, 6.45) is 6.64. The summed E-state index contributed by atoms with van der Waals surface area (Å²) in [7, 11) is 0. The maximum absolute atomic E-state index is 3.64. The van der Waals surface area contributed by atoms with E-state index >= 15 is 0 Å². The molecule has 1 saturated carbocycles. The summed E-state index contributed by atoms with van der Waals surface area (Å²) in [6.45, 7) is 6.81. The van der Waals surface area contributed by atoms with Crippen molar-refractivity contribution in [2.75, 3.05) is 13.1 Å². The number of rotatable bonds is 7. The normalized spacial score (nSPS) is 26.2. The van der Waals surface area contributed by atoms with Gasteiger partial charge in [-0.05, 0) is 49.4 Å². The maximum atomic E-state index is 3.64. The van der Waals surface area contributed by atoms with Crippen molar-refractivity contribution in [1.29, 1.82) is 0 Å². The molecule has 0 aromatic heterocycles. The molecule has 0 radical (unpaired) electrons. The Morgan fingerprint density at radius 3 is 2.68 bits per heavy atom. The van der Waals surface area contributed by atoms with Gasteiger partial charge in [0.1, 0.15) is 0 Å². The fourth-order valence-electron chi connectivity index (χ4n) is 3.46. The van der Waals surface area contributed by atoms with Gasteiger partial charge >= 0.3 is 0 Å². The predicted molar refractivity (Wildman–Crippen MR) is 86.6 cm³/mol. The van der Waals surface area contributed by atoms with E-state index in [4.69, 9.17) is 0 Å². The molecule has 2 rings (SSSR count). The van der Waals surface area contributed by atoms with Crippen molar-refractivity contribution in [3.8, 4) is 0 Å². The molecule has 0 amide bonds. The molecule has 1 fully saturated rings. The van der Waals surface area contributed by atoms with Crippen LogP contribution in [0.3, 0.4) is 0 Å². The second-order valence-corrected chi connectivity index (χ2v) is 6.95. The molecule has 1 aliphatic carbocycles. The molecule has 1 nitrogen and oxygen atoms in total. The Hall–Kier alpha value is -0.340. The fraction of sp³-hybridized carbons (Fsp3) is 0.647. The van der Waals surface area contributed by atoms with Crippen LogP contribution < -0.4 is 5.32 Å². The number of hydrogen-bond donors (Lipinski definition) is 1. The second kappa shape index (κ2) is 6.90. The van der Waals surface area contributed by atoms with Crippen molar-refractivity contribution in [2.24, 2.45) is 5.92 Å². The van der Waals surface area contributed by atoms with Gasteiger partial charge in [0.05, 0.1) is 0 Å². The third-order valence-corrected chi connectivity index (χ3v) is 4.88. The highest BCUT2D eigenvalue weighted by Crippen LogP contribution is 2.49. The first-order valence-corrected chi connectivity index (χ1v) is 8.46. The Bertz CT molecular complexity index is 390. The molecule has 0 atom stereocenters. The topological polar surface area (TPSA) is 12.0 Å². The molecule has 0 saturated heterocycles. The quantitative estimate of drug-likeness (QED) is 0.704. The minimum Gasteiger partial charge on any atom is -0.316 e. The smallest absolute Gasteiger partial charge is 0.0178 e. The van der Waals surface area contributed by atoms with Crippen LogP contribution >= 0.6 is 15.9 Å². The van der Waals surface area contributed by atoms with Crippen molar-refractivity contribution >= 4 is 15.9 Å². The van der Waals surface area contributed by atoms with E-state index < -0.39 is 0 Å². The van der Waals surface area contributed by atoms with E-state index in [1.54, 1.807) is 0 Å². The van der Waals surface area contributed by atoms with Crippen molar-refractivity contribution in [1.82, 2.24) is 5.32 Å². The molecule has 0 bridgehead atoms. The molecule has 106 valence electrons. The zero-order valence-corrected chi connectivity index (χ0v) is 13.8. The molecule has 0 heterocycles. The highest BCUT2D eigenvalue weighted by atomic mass is 79.9. The van der Waals surface area contributed by atoms with Crippen LogP contribution in [0.4, 0.5) is 0 Å². The monoisotopic (exact) mass is 323 g/mol. The summed E-state index contributed by atoms with van der Waals surface area (Å²) in [5.41, 5.74) is 1.90. The summed E-state index contributed by atoms with van der Waals surface area (Å²) in [4.78, 5) is 0. The van der Waals surface area contributed by atoms with Crippen LogP contribution in [0.2, 0.25) is 0 Å². The largest absolute Gasteiger partial charge is 0.316 e. The lowest BCUT2D eigenvalue weighted by Crippen LogP contribution is -2.48. The SMILES string of the molecule is CCCNCC1(c2cccc(Br)c2)CC(CCC)C1. The molecule has 1 aromatic rings. The van der Waals surface area contributed by atoms with Crippen molar-refractivity contribution in [2.45, 2.75) is 51.4 Å². The lowest BCUT2D eigenvalue weighted by molar-refractivity contribution is 0.129.